The number of thioether (sulfide) groups is 1. The van der Waals surface area contributed by atoms with Gasteiger partial charge in [0.05, 0.1) is 21.7 Å². The van der Waals surface area contributed by atoms with Gasteiger partial charge in [0.1, 0.15) is 17.4 Å². The number of hydrogen-bond acceptors (Lipinski definition) is 8. The van der Waals surface area contributed by atoms with Gasteiger partial charge in [-0.2, -0.15) is 0 Å². The zero-order chi connectivity index (χ0) is 19.2. The lowest BCUT2D eigenvalue weighted by molar-refractivity contribution is -0.385. The highest BCUT2D eigenvalue weighted by Crippen LogP contribution is 2.25. The molecule has 0 unspecified atom stereocenters. The second kappa shape index (κ2) is 8.45. The predicted octanol–water partition coefficient (Wildman–Crippen LogP) is 3.94. The van der Waals surface area contributed by atoms with Crippen molar-refractivity contribution < 1.29 is 19.0 Å². The molecule has 0 fully saturated rings. The maximum absolute atomic E-state index is 12.5. The molecule has 0 radical (unpaired) electrons. The summed E-state index contributed by atoms with van der Waals surface area (Å²) in [5, 5.41) is 15.4. The summed E-state index contributed by atoms with van der Waals surface area (Å²) in [6, 6.07) is 11.2. The second-order valence-electron chi connectivity index (χ2n) is 5.54. The van der Waals surface area contributed by atoms with E-state index >= 15 is 0 Å². The molecule has 0 bridgehead atoms. The van der Waals surface area contributed by atoms with Crippen LogP contribution >= 0.6 is 11.8 Å². The van der Waals surface area contributed by atoms with Crippen molar-refractivity contribution in [3.05, 3.63) is 81.4 Å². The molecule has 1 aromatic carbocycles. The summed E-state index contributed by atoms with van der Waals surface area (Å²) >= 11 is 1.33. The Morgan fingerprint density at radius 3 is 2.85 bits per heavy atom. The quantitative estimate of drug-likeness (QED) is 0.260. The van der Waals surface area contributed by atoms with Crippen molar-refractivity contribution in [1.82, 2.24) is 10.1 Å². The fourth-order valence-electron chi connectivity index (χ4n) is 2.32. The first-order valence-electron chi connectivity index (χ1n) is 7.94. The van der Waals surface area contributed by atoms with Gasteiger partial charge in [-0.1, -0.05) is 29.1 Å². The molecule has 0 spiro atoms. The number of nitro groups is 1. The van der Waals surface area contributed by atoms with Gasteiger partial charge in [0, 0.05) is 24.1 Å². The molecule has 2 heterocycles. The highest BCUT2D eigenvalue weighted by Gasteiger charge is 2.18. The van der Waals surface area contributed by atoms with Gasteiger partial charge in [-0.15, -0.1) is 0 Å². The van der Waals surface area contributed by atoms with Gasteiger partial charge in [0.25, 0.3) is 5.69 Å². The van der Waals surface area contributed by atoms with E-state index in [1.165, 1.54) is 17.8 Å². The van der Waals surface area contributed by atoms with Crippen LogP contribution in [0.1, 0.15) is 27.4 Å². The molecule has 0 atom stereocenters. The monoisotopic (exact) mass is 385 g/mol. The summed E-state index contributed by atoms with van der Waals surface area (Å²) in [6.45, 7) is 1.60. The number of aryl methyl sites for hydroxylation is 1. The smallest absolute Gasteiger partial charge is 0.341 e. The largest absolute Gasteiger partial charge is 0.457 e. The molecular weight excluding hydrogens is 370 g/mol. The first-order valence-corrected chi connectivity index (χ1v) is 8.92. The van der Waals surface area contributed by atoms with Crippen molar-refractivity contribution >= 4 is 23.4 Å². The lowest BCUT2D eigenvalue weighted by atomic mass is 10.2. The number of aromatic nitrogens is 2. The van der Waals surface area contributed by atoms with Crippen molar-refractivity contribution in [3.63, 3.8) is 0 Å². The van der Waals surface area contributed by atoms with Gasteiger partial charge < -0.3 is 9.26 Å². The number of nitrogens with zero attached hydrogens (tertiary/aromatic N) is 3. The normalized spacial score (nSPS) is 10.6. The fourth-order valence-corrected chi connectivity index (χ4v) is 3.18. The Labute approximate surface area is 158 Å². The molecule has 0 saturated carbocycles. The number of para-hydroxylation sites is 1. The lowest BCUT2D eigenvalue weighted by Gasteiger charge is -2.08. The molecule has 3 rings (SSSR count). The maximum atomic E-state index is 12.5. The SMILES string of the molecule is Cc1cc(CSc2ncccc2C(=O)OCc2ccccc2[N+](=O)[O-])no1. The Kier molecular flexibility index (Phi) is 5.82. The van der Waals surface area contributed by atoms with Crippen molar-refractivity contribution in [1.29, 1.82) is 0 Å². The third-order valence-corrected chi connectivity index (χ3v) is 4.61. The van der Waals surface area contributed by atoms with E-state index in [1.54, 1.807) is 43.5 Å². The Morgan fingerprint density at radius 1 is 1.30 bits per heavy atom. The number of rotatable bonds is 7. The van der Waals surface area contributed by atoms with Gasteiger partial charge in [0.2, 0.25) is 0 Å². The van der Waals surface area contributed by atoms with Crippen LogP contribution in [0.15, 0.2) is 58.2 Å². The van der Waals surface area contributed by atoms with E-state index in [1.807, 2.05) is 6.07 Å². The Bertz CT molecular complexity index is 973. The standard InChI is InChI=1S/C18H15N3O5S/c1-12-9-14(20-26-12)11-27-17-15(6-4-8-19-17)18(22)25-10-13-5-2-3-7-16(13)21(23)24/h2-9H,10-11H2,1H3. The average Bonchev–Trinajstić information content (AvgIpc) is 3.10. The number of carbonyl (C=O) groups is 1. The molecule has 27 heavy (non-hydrogen) atoms. The topological polar surface area (TPSA) is 108 Å². The zero-order valence-electron chi connectivity index (χ0n) is 14.3. The Hall–Kier alpha value is -3.20. The van der Waals surface area contributed by atoms with E-state index in [2.05, 4.69) is 10.1 Å². The number of pyridine rings is 1. The predicted molar refractivity (Wildman–Crippen MR) is 97.3 cm³/mol. The molecule has 2 aromatic heterocycles. The van der Waals surface area contributed by atoms with Crippen LogP contribution in [0.3, 0.4) is 0 Å². The van der Waals surface area contributed by atoms with Gasteiger partial charge in [-0.05, 0) is 25.1 Å². The minimum Gasteiger partial charge on any atom is -0.457 e. The van der Waals surface area contributed by atoms with Crippen LogP contribution < -0.4 is 0 Å². The van der Waals surface area contributed by atoms with Crippen LogP contribution in [0.4, 0.5) is 5.69 Å². The first kappa shape index (κ1) is 18.6. The van der Waals surface area contributed by atoms with Crippen LogP contribution in [0.5, 0.6) is 0 Å². The minimum atomic E-state index is -0.597. The number of benzene rings is 1. The van der Waals surface area contributed by atoms with E-state index in [0.717, 1.165) is 5.69 Å². The number of carbonyl (C=O) groups excluding carboxylic acids is 1. The summed E-state index contributed by atoms with van der Waals surface area (Å²) < 4.78 is 10.3. The number of nitro benzene ring substituents is 1. The van der Waals surface area contributed by atoms with Gasteiger partial charge in [-0.3, -0.25) is 10.1 Å². The van der Waals surface area contributed by atoms with E-state index in [0.29, 0.717) is 27.7 Å². The average molecular weight is 385 g/mol. The molecule has 0 amide bonds. The van der Waals surface area contributed by atoms with E-state index in [9.17, 15) is 14.9 Å². The molecule has 0 aliphatic heterocycles. The number of esters is 1. The summed E-state index contributed by atoms with van der Waals surface area (Å²) in [6.07, 6.45) is 1.58. The van der Waals surface area contributed by atoms with Gasteiger partial charge in [-0.25, -0.2) is 9.78 Å². The van der Waals surface area contributed by atoms with Crippen molar-refractivity contribution in [3.8, 4) is 0 Å². The van der Waals surface area contributed by atoms with Gasteiger partial charge >= 0.3 is 5.97 Å². The van der Waals surface area contributed by atoms with E-state index in [-0.39, 0.29) is 12.3 Å². The summed E-state index contributed by atoms with van der Waals surface area (Å²) in [5.74, 6) is 0.592. The third kappa shape index (κ3) is 4.70. The van der Waals surface area contributed by atoms with E-state index in [4.69, 9.17) is 9.26 Å². The molecule has 0 saturated heterocycles. The molecule has 0 aliphatic rings. The fraction of sp³-hybridized carbons (Fsp3) is 0.167. The molecule has 8 nitrogen and oxygen atoms in total. The zero-order valence-corrected chi connectivity index (χ0v) is 15.1. The maximum Gasteiger partial charge on any atom is 0.341 e. The molecular formula is C18H15N3O5S. The third-order valence-electron chi connectivity index (χ3n) is 3.57. The van der Waals surface area contributed by atoms with Crippen molar-refractivity contribution in [2.45, 2.75) is 24.3 Å². The summed E-state index contributed by atoms with van der Waals surface area (Å²) in [7, 11) is 0. The first-order chi connectivity index (χ1) is 13.0. The second-order valence-corrected chi connectivity index (χ2v) is 6.50. The summed E-state index contributed by atoms with van der Waals surface area (Å²) in [5.41, 5.74) is 1.27. The van der Waals surface area contributed by atoms with Crippen LogP contribution in [-0.4, -0.2) is 21.0 Å². The van der Waals surface area contributed by atoms with Crippen LogP contribution in [0.25, 0.3) is 0 Å². The Morgan fingerprint density at radius 2 is 2.11 bits per heavy atom. The van der Waals surface area contributed by atoms with E-state index < -0.39 is 10.9 Å². The van der Waals surface area contributed by atoms with Gasteiger partial charge in [0.15, 0.2) is 0 Å². The molecule has 3 aromatic rings. The molecule has 0 N–H and O–H groups in total. The Balaban J connectivity index is 1.69. The molecule has 138 valence electrons. The lowest BCUT2D eigenvalue weighted by Crippen LogP contribution is -2.08. The van der Waals surface area contributed by atoms with Crippen LogP contribution in [-0.2, 0) is 17.1 Å². The van der Waals surface area contributed by atoms with Crippen LogP contribution in [0.2, 0.25) is 0 Å². The van der Waals surface area contributed by atoms with Crippen LogP contribution in [0, 0.1) is 17.0 Å². The molecule has 9 heteroatoms. The number of ether oxygens (including phenoxy) is 1. The summed E-state index contributed by atoms with van der Waals surface area (Å²) in [4.78, 5) is 27.2. The molecule has 0 aliphatic carbocycles. The number of hydrogen-bond donors (Lipinski definition) is 0. The highest BCUT2D eigenvalue weighted by atomic mass is 32.2. The van der Waals surface area contributed by atoms with Crippen molar-refractivity contribution in [2.75, 3.05) is 0 Å². The van der Waals surface area contributed by atoms with Crippen molar-refractivity contribution in [2.24, 2.45) is 0 Å². The minimum absolute atomic E-state index is 0.0903. The highest BCUT2D eigenvalue weighted by molar-refractivity contribution is 7.98.